The Labute approximate surface area is 191 Å². The van der Waals surface area contributed by atoms with Gasteiger partial charge < -0.3 is 0 Å². The number of allylic oxidation sites excluding steroid dienone is 4. The van der Waals surface area contributed by atoms with E-state index in [1.54, 1.807) is 25.7 Å². The summed E-state index contributed by atoms with van der Waals surface area (Å²) in [7, 11) is -1.19. The first-order chi connectivity index (χ1) is 12.1. The van der Waals surface area contributed by atoms with Gasteiger partial charge in [-0.25, -0.2) is 0 Å². The number of hydrogen-bond donors (Lipinski definition) is 0. The Bertz CT molecular complexity index is 552. The van der Waals surface area contributed by atoms with E-state index in [1.807, 2.05) is 9.63 Å². The van der Waals surface area contributed by atoms with Crippen molar-refractivity contribution >= 4 is 40.0 Å². The molecule has 0 spiro atoms. The van der Waals surface area contributed by atoms with E-state index in [4.69, 9.17) is 0 Å². The molecule has 0 nitrogen and oxygen atoms in total. The van der Waals surface area contributed by atoms with Crippen LogP contribution in [0.25, 0.3) is 0 Å². The number of halogens is 2. The molecule has 0 aliphatic heterocycles. The zero-order valence-corrected chi connectivity index (χ0v) is 24.1. The first kappa shape index (κ1) is 27.3. The summed E-state index contributed by atoms with van der Waals surface area (Å²) in [5.41, 5.74) is 2.20. The van der Waals surface area contributed by atoms with Gasteiger partial charge in [-0.3, -0.25) is 0 Å². The number of rotatable bonds is 5. The van der Waals surface area contributed by atoms with Gasteiger partial charge in [0.2, 0.25) is 0 Å². The molecule has 2 saturated carbocycles. The maximum absolute atomic E-state index is 2.81. The summed E-state index contributed by atoms with van der Waals surface area (Å²) in [4.78, 5) is 0. The van der Waals surface area contributed by atoms with Gasteiger partial charge >= 0.3 is 167 Å². The van der Waals surface area contributed by atoms with Crippen LogP contribution in [-0.2, 0) is 12.0 Å². The summed E-state index contributed by atoms with van der Waals surface area (Å²) in [6.45, 7) is 5.61. The van der Waals surface area contributed by atoms with Crippen molar-refractivity contribution < 1.29 is 12.0 Å². The van der Waals surface area contributed by atoms with Crippen LogP contribution in [0.1, 0.15) is 70.6 Å². The Morgan fingerprint density at radius 1 is 0.786 bits per heavy atom. The molecule has 0 heterocycles. The van der Waals surface area contributed by atoms with Crippen LogP contribution in [0.2, 0.25) is 36.2 Å². The van der Waals surface area contributed by atoms with E-state index in [9.17, 15) is 0 Å². The molecule has 5 heteroatoms. The molecular weight excluding hydrogens is 458 g/mol. The van der Waals surface area contributed by atoms with Crippen LogP contribution in [0, 0.1) is 0 Å². The average Bonchev–Trinajstić information content (AvgIpc) is 3.07. The molecule has 0 saturated heterocycles. The Morgan fingerprint density at radius 2 is 1.21 bits per heavy atom. The van der Waals surface area contributed by atoms with Crippen molar-refractivity contribution in [2.45, 2.75) is 118 Å². The molecule has 2 fully saturated rings. The molecule has 0 bridgehead atoms. The van der Waals surface area contributed by atoms with E-state index in [0.29, 0.717) is 0 Å². The summed E-state index contributed by atoms with van der Waals surface area (Å²) in [5.74, 6) is 10.5. The minimum atomic E-state index is -2.09. The van der Waals surface area contributed by atoms with Crippen LogP contribution >= 0.6 is 32.3 Å². The second-order valence-electron chi connectivity index (χ2n) is 11.3. The van der Waals surface area contributed by atoms with Gasteiger partial charge in [-0.1, -0.05) is 0 Å². The molecule has 0 aromatic rings. The minimum Gasteiger partial charge on any atom is -0.147 e. The molecule has 0 atom stereocenters. The van der Waals surface area contributed by atoms with Gasteiger partial charge in [0.1, 0.15) is 0 Å². The van der Waals surface area contributed by atoms with E-state index < -0.39 is 19.7 Å². The Balaban J connectivity index is 0.00000196. The van der Waals surface area contributed by atoms with E-state index in [0.717, 1.165) is 11.3 Å². The summed E-state index contributed by atoms with van der Waals surface area (Å²) in [6.07, 6.45) is 21.8. The van der Waals surface area contributed by atoms with Gasteiger partial charge in [0.25, 0.3) is 0 Å². The Hall–Kier alpha value is 1.24. The molecule has 0 aromatic heterocycles. The molecule has 0 amide bonds. The zero-order chi connectivity index (χ0) is 19.0. The summed E-state index contributed by atoms with van der Waals surface area (Å²) >= 11 is -2.09. The smallest absolute Gasteiger partial charge is 0.147 e. The summed E-state index contributed by atoms with van der Waals surface area (Å²) < 4.78 is 1.95. The summed E-state index contributed by atoms with van der Waals surface area (Å²) in [6, 6.07) is 0. The van der Waals surface area contributed by atoms with Crippen LogP contribution in [0.5, 0.6) is 0 Å². The Kier molecular flexibility index (Phi) is 9.97. The second kappa shape index (κ2) is 10.2. The van der Waals surface area contributed by atoms with Crippen LogP contribution in [0.3, 0.4) is 0 Å². The molecule has 167 valence electrons. The van der Waals surface area contributed by atoms with E-state index in [1.165, 1.54) is 44.9 Å². The molecule has 0 radical (unpaired) electrons. The molecule has 0 aromatic carbocycles. The molecule has 0 unspecified atom stereocenters. The van der Waals surface area contributed by atoms with E-state index in [-0.39, 0.29) is 32.3 Å². The third kappa shape index (κ3) is 6.15. The third-order valence-corrected chi connectivity index (χ3v) is 23.6. The van der Waals surface area contributed by atoms with Crippen LogP contribution in [0.15, 0.2) is 21.8 Å². The maximum Gasteiger partial charge on any atom is -0.147 e. The van der Waals surface area contributed by atoms with Crippen molar-refractivity contribution in [3.05, 3.63) is 21.8 Å². The molecular formula is C23H46Cl2CrPSi. The maximum atomic E-state index is 2.81. The first-order valence-electron chi connectivity index (χ1n) is 11.1. The minimum absolute atomic E-state index is 0. The molecule has 3 rings (SSSR count). The van der Waals surface area contributed by atoms with Gasteiger partial charge in [0.05, 0.1) is 0 Å². The van der Waals surface area contributed by atoms with Gasteiger partial charge in [0, 0.05) is 0 Å². The fourth-order valence-corrected chi connectivity index (χ4v) is 26.1. The molecule has 3 aliphatic rings. The average molecular weight is 505 g/mol. The molecule has 0 N–H and O–H groups in total. The van der Waals surface area contributed by atoms with Crippen molar-refractivity contribution in [2.75, 3.05) is 0 Å². The zero-order valence-electron chi connectivity index (χ0n) is 19.3. The van der Waals surface area contributed by atoms with Gasteiger partial charge in [-0.2, -0.15) is 0 Å². The largest absolute Gasteiger partial charge is 0.147 e. The van der Waals surface area contributed by atoms with Crippen LogP contribution < -0.4 is 0 Å². The van der Waals surface area contributed by atoms with Gasteiger partial charge in [0.15, 0.2) is 0 Å². The normalized spacial score (nSPS) is 23.9. The van der Waals surface area contributed by atoms with E-state index >= 15 is 0 Å². The first-order valence-corrected chi connectivity index (χ1v) is 22.2. The quantitative estimate of drug-likeness (QED) is 0.258. The van der Waals surface area contributed by atoms with Crippen molar-refractivity contribution in [1.29, 1.82) is 0 Å². The Morgan fingerprint density at radius 3 is 1.61 bits per heavy atom. The van der Waals surface area contributed by atoms with Crippen LogP contribution in [0.4, 0.5) is 0 Å². The second-order valence-corrected chi connectivity index (χ2v) is 33.1. The predicted octanol–water partition coefficient (Wildman–Crippen LogP) is 9.82. The topological polar surface area (TPSA) is 0 Å². The standard InChI is InChI=1S/C19H32PSi.4CH3.2ClH.Cr/c1-21(2,19-15-9-10-16-19)20(17-11-5-3-6-12-17)18-13-7-4-8-14-18;;;;;;;/h9,15,17-18H,3-8,10-14H2,1-2H3;4*1H3;2*1H;. The van der Waals surface area contributed by atoms with Gasteiger partial charge in [-0.05, 0) is 0 Å². The van der Waals surface area contributed by atoms with Crippen molar-refractivity contribution in [2.24, 2.45) is 0 Å². The van der Waals surface area contributed by atoms with Crippen LogP contribution in [-0.4, -0.2) is 19.1 Å². The van der Waals surface area contributed by atoms with Crippen molar-refractivity contribution in [3.8, 4) is 0 Å². The van der Waals surface area contributed by atoms with Gasteiger partial charge in [-0.15, -0.1) is 24.8 Å². The van der Waals surface area contributed by atoms with Crippen molar-refractivity contribution in [3.63, 3.8) is 0 Å². The third-order valence-electron chi connectivity index (χ3n) is 7.11. The monoisotopic (exact) mass is 503 g/mol. The molecule has 28 heavy (non-hydrogen) atoms. The number of hydrogen-bond acceptors (Lipinski definition) is 0. The summed E-state index contributed by atoms with van der Waals surface area (Å²) in [5, 5.41) is 1.94. The van der Waals surface area contributed by atoms with Crippen molar-refractivity contribution in [1.82, 2.24) is 0 Å². The fraction of sp³-hybridized carbons (Fsp3) is 0.826. The van der Waals surface area contributed by atoms with E-state index in [2.05, 4.69) is 48.4 Å². The SMILES string of the molecule is C[Si](C)(C1=[C]([Cr]([CH3])([CH3])([CH3])[CH3])CC=C1)P(C1CCCCC1)C1CCCCC1.Cl.Cl. The molecule has 3 aliphatic carbocycles. The predicted molar refractivity (Wildman–Crippen MR) is 137 cm³/mol. The fourth-order valence-electron chi connectivity index (χ4n) is 5.87.